The zero-order valence-corrected chi connectivity index (χ0v) is 15.2. The number of carboxylic acids is 1. The first-order valence-electron chi connectivity index (χ1n) is 8.62. The molecule has 0 saturated carbocycles. The van der Waals surface area contributed by atoms with E-state index in [2.05, 4.69) is 11.8 Å². The van der Waals surface area contributed by atoms with Crippen molar-refractivity contribution in [2.24, 2.45) is 0 Å². The van der Waals surface area contributed by atoms with Crippen LogP contribution in [0.5, 0.6) is 0 Å². The molecule has 3 heteroatoms. The minimum absolute atomic E-state index is 0.233. The fourth-order valence-electron chi connectivity index (χ4n) is 2.78. The summed E-state index contributed by atoms with van der Waals surface area (Å²) in [6, 6.07) is 21.8. The minimum Gasteiger partial charge on any atom is -0.478 e. The van der Waals surface area contributed by atoms with Gasteiger partial charge < -0.3 is 10.2 Å². The van der Waals surface area contributed by atoms with Gasteiger partial charge in [0.2, 0.25) is 0 Å². The predicted octanol–water partition coefficient (Wildman–Crippen LogP) is 4.35. The lowest BCUT2D eigenvalue weighted by molar-refractivity contribution is 0.0696. The van der Waals surface area contributed by atoms with Crippen LogP contribution in [0.1, 0.15) is 45.1 Å². The van der Waals surface area contributed by atoms with Crippen LogP contribution in [-0.2, 0) is 5.60 Å². The summed E-state index contributed by atoms with van der Waals surface area (Å²) in [6.07, 6.45) is 0. The summed E-state index contributed by atoms with van der Waals surface area (Å²) >= 11 is 0. The second kappa shape index (κ2) is 7.49. The number of rotatable bonds is 3. The van der Waals surface area contributed by atoms with Gasteiger partial charge in [0.1, 0.15) is 5.60 Å². The van der Waals surface area contributed by atoms with Gasteiger partial charge in [0, 0.05) is 11.1 Å². The van der Waals surface area contributed by atoms with Crippen LogP contribution in [-0.4, -0.2) is 16.2 Å². The number of hydrogen-bond donors (Lipinski definition) is 2. The standard InChI is InChI=1S/C24H20O3/c1-17-6-14-21(15-7-17)24(2,27)22-5-3-4-19(16-22)9-8-18-10-12-20(13-11-18)23(25)26/h3-7,10-16,27H,1-2H3,(H,25,26). The van der Waals surface area contributed by atoms with E-state index in [9.17, 15) is 9.90 Å². The Labute approximate surface area is 158 Å². The number of aliphatic hydroxyl groups is 1. The van der Waals surface area contributed by atoms with Crippen molar-refractivity contribution in [2.75, 3.05) is 0 Å². The molecule has 0 spiro atoms. The van der Waals surface area contributed by atoms with Crippen LogP contribution in [0.3, 0.4) is 0 Å². The number of carbonyl (C=O) groups is 1. The van der Waals surface area contributed by atoms with Gasteiger partial charge >= 0.3 is 5.97 Å². The molecule has 3 aromatic rings. The molecule has 1 unspecified atom stereocenters. The highest BCUT2D eigenvalue weighted by molar-refractivity contribution is 5.87. The highest BCUT2D eigenvalue weighted by atomic mass is 16.4. The molecule has 0 fully saturated rings. The SMILES string of the molecule is Cc1ccc(C(C)(O)c2cccc(C#Cc3ccc(C(=O)O)cc3)c2)cc1. The summed E-state index contributed by atoms with van der Waals surface area (Å²) in [7, 11) is 0. The third kappa shape index (κ3) is 4.25. The van der Waals surface area contributed by atoms with E-state index in [1.807, 2.05) is 55.5 Å². The molecule has 2 N–H and O–H groups in total. The van der Waals surface area contributed by atoms with E-state index in [0.717, 1.165) is 27.8 Å². The Bertz CT molecular complexity index is 1020. The molecule has 0 radical (unpaired) electrons. The Balaban J connectivity index is 1.88. The van der Waals surface area contributed by atoms with Crippen molar-refractivity contribution in [3.05, 3.63) is 106 Å². The Morgan fingerprint density at radius 3 is 2.11 bits per heavy atom. The van der Waals surface area contributed by atoms with Gasteiger partial charge in [-0.3, -0.25) is 0 Å². The molecule has 0 aliphatic heterocycles. The molecule has 134 valence electrons. The molecule has 0 amide bonds. The average molecular weight is 356 g/mol. The lowest BCUT2D eigenvalue weighted by Crippen LogP contribution is -2.22. The van der Waals surface area contributed by atoms with Crippen molar-refractivity contribution in [2.45, 2.75) is 19.4 Å². The van der Waals surface area contributed by atoms with Crippen LogP contribution in [0, 0.1) is 18.8 Å². The van der Waals surface area contributed by atoms with Crippen LogP contribution in [0.2, 0.25) is 0 Å². The third-order valence-electron chi connectivity index (χ3n) is 4.52. The normalized spacial score (nSPS) is 12.6. The molecular formula is C24H20O3. The summed E-state index contributed by atoms with van der Waals surface area (Å²) < 4.78 is 0. The summed E-state index contributed by atoms with van der Waals surface area (Å²) in [6.45, 7) is 3.78. The third-order valence-corrected chi connectivity index (χ3v) is 4.52. The zero-order chi connectivity index (χ0) is 19.4. The lowest BCUT2D eigenvalue weighted by atomic mass is 9.87. The first kappa shape index (κ1) is 18.4. The summed E-state index contributed by atoms with van der Waals surface area (Å²) in [4.78, 5) is 10.9. The zero-order valence-electron chi connectivity index (χ0n) is 15.2. The minimum atomic E-state index is -1.12. The first-order valence-corrected chi connectivity index (χ1v) is 8.62. The second-order valence-corrected chi connectivity index (χ2v) is 6.65. The molecule has 27 heavy (non-hydrogen) atoms. The van der Waals surface area contributed by atoms with Crippen LogP contribution in [0.15, 0.2) is 72.8 Å². The summed E-state index contributed by atoms with van der Waals surface area (Å²) in [5, 5.41) is 20.0. The van der Waals surface area contributed by atoms with Crippen molar-refractivity contribution < 1.29 is 15.0 Å². The second-order valence-electron chi connectivity index (χ2n) is 6.65. The molecule has 0 heterocycles. The smallest absolute Gasteiger partial charge is 0.335 e. The van der Waals surface area contributed by atoms with Gasteiger partial charge in [0.25, 0.3) is 0 Å². The molecule has 3 aromatic carbocycles. The maximum Gasteiger partial charge on any atom is 0.335 e. The molecule has 0 aromatic heterocycles. The average Bonchev–Trinajstić information content (AvgIpc) is 2.67. The highest BCUT2D eigenvalue weighted by Gasteiger charge is 2.25. The van der Waals surface area contributed by atoms with Crippen molar-refractivity contribution in [3.8, 4) is 11.8 Å². The van der Waals surface area contributed by atoms with Gasteiger partial charge in [0.15, 0.2) is 0 Å². The van der Waals surface area contributed by atoms with E-state index in [1.54, 1.807) is 19.1 Å². The number of aryl methyl sites for hydroxylation is 1. The van der Waals surface area contributed by atoms with Gasteiger partial charge in [-0.1, -0.05) is 53.8 Å². The van der Waals surface area contributed by atoms with E-state index in [1.165, 1.54) is 12.1 Å². The van der Waals surface area contributed by atoms with Gasteiger partial charge in [-0.15, -0.1) is 0 Å². The van der Waals surface area contributed by atoms with Crippen LogP contribution < -0.4 is 0 Å². The van der Waals surface area contributed by atoms with Crippen LogP contribution in [0.4, 0.5) is 0 Å². The molecule has 3 nitrogen and oxygen atoms in total. The summed E-state index contributed by atoms with van der Waals surface area (Å²) in [5.41, 5.74) is 3.36. The Kier molecular flexibility index (Phi) is 5.12. The van der Waals surface area contributed by atoms with E-state index >= 15 is 0 Å². The molecular weight excluding hydrogens is 336 g/mol. The molecule has 3 rings (SSSR count). The van der Waals surface area contributed by atoms with Crippen molar-refractivity contribution in [1.82, 2.24) is 0 Å². The topological polar surface area (TPSA) is 57.5 Å². The van der Waals surface area contributed by atoms with E-state index in [-0.39, 0.29) is 5.56 Å². The van der Waals surface area contributed by atoms with Gasteiger partial charge in [-0.05, 0) is 61.4 Å². The lowest BCUT2D eigenvalue weighted by Gasteiger charge is -2.25. The molecule has 0 aliphatic carbocycles. The number of hydrogen-bond acceptors (Lipinski definition) is 2. The molecule has 1 atom stereocenters. The van der Waals surface area contributed by atoms with E-state index < -0.39 is 11.6 Å². The largest absolute Gasteiger partial charge is 0.478 e. The quantitative estimate of drug-likeness (QED) is 0.686. The fourth-order valence-corrected chi connectivity index (χ4v) is 2.78. The van der Waals surface area contributed by atoms with Gasteiger partial charge in [-0.2, -0.15) is 0 Å². The Morgan fingerprint density at radius 1 is 0.852 bits per heavy atom. The number of benzene rings is 3. The van der Waals surface area contributed by atoms with Crippen molar-refractivity contribution >= 4 is 5.97 Å². The van der Waals surface area contributed by atoms with Crippen LogP contribution in [0.25, 0.3) is 0 Å². The molecule has 0 bridgehead atoms. The number of carboxylic acid groups (broad SMARTS) is 1. The highest BCUT2D eigenvalue weighted by Crippen LogP contribution is 2.29. The van der Waals surface area contributed by atoms with Crippen molar-refractivity contribution in [3.63, 3.8) is 0 Å². The monoisotopic (exact) mass is 356 g/mol. The van der Waals surface area contributed by atoms with Gasteiger partial charge in [-0.25, -0.2) is 4.79 Å². The Hall–Kier alpha value is -3.35. The van der Waals surface area contributed by atoms with E-state index in [4.69, 9.17) is 5.11 Å². The predicted molar refractivity (Wildman–Crippen MR) is 106 cm³/mol. The van der Waals surface area contributed by atoms with Crippen molar-refractivity contribution in [1.29, 1.82) is 0 Å². The van der Waals surface area contributed by atoms with E-state index in [0.29, 0.717) is 0 Å². The Morgan fingerprint density at radius 2 is 1.48 bits per heavy atom. The maximum absolute atomic E-state index is 11.0. The first-order chi connectivity index (χ1) is 12.9. The fraction of sp³-hybridized carbons (Fsp3) is 0.125. The maximum atomic E-state index is 11.0. The summed E-state index contributed by atoms with van der Waals surface area (Å²) in [5.74, 6) is 5.14. The number of aromatic carboxylic acids is 1. The van der Waals surface area contributed by atoms with Gasteiger partial charge in [0.05, 0.1) is 5.56 Å². The molecule has 0 aliphatic rings. The van der Waals surface area contributed by atoms with Crippen LogP contribution >= 0.6 is 0 Å². The molecule has 0 saturated heterocycles.